The van der Waals surface area contributed by atoms with Crippen LogP contribution in [0.1, 0.15) is 30.7 Å². The lowest BCUT2D eigenvalue weighted by Gasteiger charge is -2.35. The first-order valence-corrected chi connectivity index (χ1v) is 9.79. The number of carbonyl (C=O) groups is 2. The lowest BCUT2D eigenvalue weighted by molar-refractivity contribution is -0.272. The number of nitrogens with zero attached hydrogens (tertiary/aromatic N) is 4. The van der Waals surface area contributed by atoms with E-state index in [4.69, 9.17) is 0 Å². The molecule has 0 saturated carbocycles. The summed E-state index contributed by atoms with van der Waals surface area (Å²) in [5.74, 6) is -1.71. The second-order valence-corrected chi connectivity index (χ2v) is 7.76. The van der Waals surface area contributed by atoms with E-state index >= 15 is 0 Å². The zero-order valence-corrected chi connectivity index (χ0v) is 17.2. The third-order valence-electron chi connectivity index (χ3n) is 5.45. The van der Waals surface area contributed by atoms with E-state index in [0.29, 0.717) is 18.7 Å². The van der Waals surface area contributed by atoms with Crippen LogP contribution in [0.4, 0.5) is 19.0 Å². The molecule has 2 aromatic heterocycles. The van der Waals surface area contributed by atoms with Crippen LogP contribution in [0.2, 0.25) is 0 Å². The maximum atomic E-state index is 13.6. The molecule has 1 aliphatic heterocycles. The number of carbonyl (C=O) groups excluding carboxylic acids is 2. The summed E-state index contributed by atoms with van der Waals surface area (Å²) in [6.07, 6.45) is -1.63. The number of aryl methyl sites for hydroxylation is 2. The Labute approximate surface area is 177 Å². The van der Waals surface area contributed by atoms with Crippen molar-refractivity contribution in [3.63, 3.8) is 0 Å². The molecule has 1 fully saturated rings. The molecule has 3 heterocycles. The second-order valence-electron chi connectivity index (χ2n) is 7.76. The van der Waals surface area contributed by atoms with Crippen molar-refractivity contribution in [3.8, 4) is 0 Å². The number of nitrogens with one attached hydrogen (secondary N) is 1. The van der Waals surface area contributed by atoms with Crippen molar-refractivity contribution < 1.29 is 27.9 Å². The smallest absolute Gasteiger partial charge is 0.374 e. The predicted molar refractivity (Wildman–Crippen MR) is 105 cm³/mol. The summed E-state index contributed by atoms with van der Waals surface area (Å²) < 4.78 is 42.0. The highest BCUT2D eigenvalue weighted by Crippen LogP contribution is 2.41. The average molecular weight is 439 g/mol. The van der Waals surface area contributed by atoms with E-state index in [-0.39, 0.29) is 24.9 Å². The van der Waals surface area contributed by atoms with Gasteiger partial charge in [0, 0.05) is 44.6 Å². The molecule has 31 heavy (non-hydrogen) atoms. The Hall–Kier alpha value is -2.95. The van der Waals surface area contributed by atoms with Crippen molar-refractivity contribution in [2.75, 3.05) is 18.4 Å². The van der Waals surface area contributed by atoms with Crippen molar-refractivity contribution >= 4 is 17.6 Å². The van der Waals surface area contributed by atoms with Crippen LogP contribution in [0, 0.1) is 12.8 Å². The number of amides is 2. The Balaban J connectivity index is 1.61. The monoisotopic (exact) mass is 439 g/mol. The van der Waals surface area contributed by atoms with Gasteiger partial charge in [0.2, 0.25) is 17.4 Å². The largest absolute Gasteiger partial charge is 0.425 e. The highest BCUT2D eigenvalue weighted by Gasteiger charge is 2.59. The van der Waals surface area contributed by atoms with E-state index < -0.39 is 29.9 Å². The summed E-state index contributed by atoms with van der Waals surface area (Å²) in [7, 11) is 1.32. The minimum atomic E-state index is -5.08. The molecule has 2 N–H and O–H groups in total. The van der Waals surface area contributed by atoms with Crippen LogP contribution in [0.15, 0.2) is 30.7 Å². The van der Waals surface area contributed by atoms with Gasteiger partial charge in [0.25, 0.3) is 0 Å². The van der Waals surface area contributed by atoms with Crippen molar-refractivity contribution in [2.45, 2.75) is 38.0 Å². The molecule has 0 aliphatic carbocycles. The van der Waals surface area contributed by atoms with Crippen LogP contribution in [0.25, 0.3) is 0 Å². The van der Waals surface area contributed by atoms with Gasteiger partial charge in [-0.25, -0.2) is 9.97 Å². The molecule has 0 spiro atoms. The molecule has 0 radical (unpaired) electrons. The fraction of sp³-hybridized carbons (Fsp3) is 0.500. The first-order valence-electron chi connectivity index (χ1n) is 9.79. The Kier molecular flexibility index (Phi) is 6.35. The lowest BCUT2D eigenvalue weighted by atomic mass is 9.93. The number of piperidine rings is 1. The number of rotatable bonds is 5. The molecule has 3 rings (SSSR count). The number of alkyl halides is 3. The van der Waals surface area contributed by atoms with E-state index in [1.54, 1.807) is 12.3 Å². The standard InChI is InChI=1S/C20H24F3N5O3/c1-13-3-4-15(25-12-13)26-17(30)14-5-8-28(9-6-14)16(29)11-19(31,20(21,22)23)18-24-7-10-27(18)2/h3-4,7,10,12,14,31H,5-6,8-9,11H2,1-2H3,(H,25,26,30). The zero-order valence-electron chi connectivity index (χ0n) is 17.2. The number of imidazole rings is 1. The molecule has 2 amide bonds. The molecule has 1 aliphatic rings. The molecular weight excluding hydrogens is 415 g/mol. The molecule has 2 aromatic rings. The molecule has 8 nitrogen and oxygen atoms in total. The number of anilines is 1. The van der Waals surface area contributed by atoms with E-state index in [9.17, 15) is 27.9 Å². The van der Waals surface area contributed by atoms with Crippen molar-refractivity contribution in [3.05, 3.63) is 42.1 Å². The number of likely N-dealkylation sites (tertiary alicyclic amines) is 1. The van der Waals surface area contributed by atoms with Crippen LogP contribution >= 0.6 is 0 Å². The fourth-order valence-corrected chi connectivity index (χ4v) is 3.56. The van der Waals surface area contributed by atoms with E-state index in [1.165, 1.54) is 18.1 Å². The molecule has 1 atom stereocenters. The van der Waals surface area contributed by atoms with Crippen LogP contribution in [0.3, 0.4) is 0 Å². The summed E-state index contributed by atoms with van der Waals surface area (Å²) in [6.45, 7) is 2.11. The average Bonchev–Trinajstić information content (AvgIpc) is 3.15. The van der Waals surface area contributed by atoms with E-state index in [1.807, 2.05) is 13.0 Å². The number of halogens is 3. The Morgan fingerprint density at radius 1 is 1.23 bits per heavy atom. The van der Waals surface area contributed by atoms with Crippen LogP contribution in [0.5, 0.6) is 0 Å². The second kappa shape index (κ2) is 8.66. The van der Waals surface area contributed by atoms with E-state index in [0.717, 1.165) is 16.3 Å². The van der Waals surface area contributed by atoms with Gasteiger partial charge in [-0.15, -0.1) is 0 Å². The highest BCUT2D eigenvalue weighted by molar-refractivity contribution is 5.91. The Morgan fingerprint density at radius 3 is 2.42 bits per heavy atom. The number of aromatic nitrogens is 3. The number of hydrogen-bond donors (Lipinski definition) is 2. The minimum Gasteiger partial charge on any atom is -0.374 e. The zero-order chi connectivity index (χ0) is 22.8. The van der Waals surface area contributed by atoms with E-state index in [2.05, 4.69) is 15.3 Å². The molecule has 0 bridgehead atoms. The van der Waals surface area contributed by atoms with Crippen LogP contribution in [-0.2, 0) is 22.2 Å². The maximum Gasteiger partial charge on any atom is 0.425 e. The predicted octanol–water partition coefficient (Wildman–Crippen LogP) is 2.14. The Bertz CT molecular complexity index is 936. The van der Waals surface area contributed by atoms with Gasteiger partial charge < -0.3 is 19.9 Å². The highest BCUT2D eigenvalue weighted by atomic mass is 19.4. The van der Waals surface area contributed by atoms with Gasteiger partial charge in [-0.2, -0.15) is 13.2 Å². The van der Waals surface area contributed by atoms with Crippen LogP contribution < -0.4 is 5.32 Å². The molecule has 0 aromatic carbocycles. The third-order valence-corrected chi connectivity index (χ3v) is 5.45. The van der Waals surface area contributed by atoms with Gasteiger partial charge >= 0.3 is 6.18 Å². The SMILES string of the molecule is Cc1ccc(NC(=O)C2CCN(C(=O)CC(O)(c3nccn3C)C(F)(F)F)CC2)nc1. The van der Waals surface area contributed by atoms with Gasteiger partial charge in [0.1, 0.15) is 5.82 Å². The summed E-state index contributed by atoms with van der Waals surface area (Å²) in [5, 5.41) is 13.1. The minimum absolute atomic E-state index is 0.118. The molecular formula is C20H24F3N5O3. The molecule has 168 valence electrons. The van der Waals surface area contributed by atoms with Crippen molar-refractivity contribution in [2.24, 2.45) is 13.0 Å². The Morgan fingerprint density at radius 2 is 1.90 bits per heavy atom. The lowest BCUT2D eigenvalue weighted by Crippen LogP contribution is -2.50. The van der Waals surface area contributed by atoms with Gasteiger partial charge in [-0.3, -0.25) is 9.59 Å². The number of hydrogen-bond acceptors (Lipinski definition) is 5. The fourth-order valence-electron chi connectivity index (χ4n) is 3.56. The summed E-state index contributed by atoms with van der Waals surface area (Å²) in [6, 6.07) is 3.49. The number of aliphatic hydroxyl groups is 1. The van der Waals surface area contributed by atoms with Crippen LogP contribution in [-0.4, -0.2) is 55.6 Å². The van der Waals surface area contributed by atoms with Gasteiger partial charge in [-0.1, -0.05) is 6.07 Å². The summed E-state index contributed by atoms with van der Waals surface area (Å²) in [4.78, 5) is 34.0. The topological polar surface area (TPSA) is 100 Å². The van der Waals surface area contributed by atoms with Crippen molar-refractivity contribution in [1.82, 2.24) is 19.4 Å². The first kappa shape index (κ1) is 22.7. The normalized spacial score (nSPS) is 17.3. The third kappa shape index (κ3) is 4.87. The van der Waals surface area contributed by atoms with Gasteiger partial charge in [0.15, 0.2) is 5.82 Å². The molecule has 1 unspecified atom stereocenters. The van der Waals surface area contributed by atoms with Crippen molar-refractivity contribution in [1.29, 1.82) is 0 Å². The quantitative estimate of drug-likeness (QED) is 0.744. The summed E-state index contributed by atoms with van der Waals surface area (Å²) >= 11 is 0. The summed E-state index contributed by atoms with van der Waals surface area (Å²) in [5.41, 5.74) is -2.44. The molecule has 1 saturated heterocycles. The first-order chi connectivity index (χ1) is 14.5. The van der Waals surface area contributed by atoms with Gasteiger partial charge in [0.05, 0.1) is 6.42 Å². The number of pyridine rings is 1. The van der Waals surface area contributed by atoms with Gasteiger partial charge in [-0.05, 0) is 31.4 Å². The maximum absolute atomic E-state index is 13.6. The molecule has 11 heteroatoms.